The Balaban J connectivity index is 1.93. The van der Waals surface area contributed by atoms with Crippen LogP contribution in [-0.4, -0.2) is 27.2 Å². The minimum absolute atomic E-state index is 0.0226. The van der Waals surface area contributed by atoms with Gasteiger partial charge in [0.15, 0.2) is 5.78 Å². The lowest BCUT2D eigenvalue weighted by molar-refractivity contribution is -0.114. The van der Waals surface area contributed by atoms with Crippen LogP contribution in [-0.2, 0) is 4.79 Å². The molecule has 2 aromatic rings. The highest BCUT2D eigenvalue weighted by molar-refractivity contribution is 5.96. The molecule has 6 nitrogen and oxygen atoms in total. The van der Waals surface area contributed by atoms with Crippen molar-refractivity contribution in [3.8, 4) is 5.75 Å². The second kappa shape index (κ2) is 6.86. The van der Waals surface area contributed by atoms with Gasteiger partial charge < -0.3 is 10.1 Å². The number of hydrogen-bond donors (Lipinski definition) is 1. The topological polar surface area (TPSA) is 69.0 Å². The van der Waals surface area contributed by atoms with E-state index in [4.69, 9.17) is 4.74 Å². The van der Waals surface area contributed by atoms with Crippen molar-refractivity contribution in [2.75, 3.05) is 11.9 Å². The molecule has 0 aliphatic carbocycles. The fourth-order valence-electron chi connectivity index (χ4n) is 2.94. The van der Waals surface area contributed by atoms with Gasteiger partial charge >= 0.3 is 0 Å². The molecule has 0 saturated carbocycles. The molecule has 0 amide bonds. The summed E-state index contributed by atoms with van der Waals surface area (Å²) in [6, 6.07) is 7.58. The van der Waals surface area contributed by atoms with Gasteiger partial charge in [-0.15, -0.1) is 0 Å². The minimum Gasteiger partial charge on any atom is -0.494 e. The Morgan fingerprint density at radius 3 is 2.75 bits per heavy atom. The van der Waals surface area contributed by atoms with Crippen LogP contribution in [0.4, 0.5) is 5.95 Å². The maximum absolute atomic E-state index is 12.2. The number of nitrogens with one attached hydrogen (secondary N) is 1. The first-order valence-electron chi connectivity index (χ1n) is 8.22. The quantitative estimate of drug-likeness (QED) is 0.825. The molecule has 0 spiro atoms. The second-order valence-corrected chi connectivity index (χ2v) is 5.92. The summed E-state index contributed by atoms with van der Waals surface area (Å²) < 4.78 is 7.46. The summed E-state index contributed by atoms with van der Waals surface area (Å²) in [5, 5.41) is 7.43. The van der Waals surface area contributed by atoms with E-state index in [2.05, 4.69) is 22.3 Å². The molecular weight excluding hydrogens is 304 g/mol. The molecule has 24 heavy (non-hydrogen) atoms. The third kappa shape index (κ3) is 3.04. The van der Waals surface area contributed by atoms with Gasteiger partial charge in [-0.1, -0.05) is 25.5 Å². The van der Waals surface area contributed by atoms with Crippen molar-refractivity contribution in [2.45, 2.75) is 39.7 Å². The number of nitrogens with zero attached hydrogens (tertiary/aromatic N) is 3. The number of fused-ring (bicyclic) bond motifs is 1. The maximum Gasteiger partial charge on any atom is 0.226 e. The number of benzene rings is 1. The first kappa shape index (κ1) is 16.2. The van der Waals surface area contributed by atoms with Crippen LogP contribution in [0.1, 0.15) is 45.2 Å². The third-order valence-electron chi connectivity index (χ3n) is 4.14. The fourth-order valence-corrected chi connectivity index (χ4v) is 2.94. The molecular formula is C18H22N4O2. The molecule has 1 unspecified atom stereocenters. The van der Waals surface area contributed by atoms with Crippen LogP contribution in [0, 0.1) is 0 Å². The lowest BCUT2D eigenvalue weighted by atomic mass is 9.93. The van der Waals surface area contributed by atoms with Crippen LogP contribution in [0.3, 0.4) is 0 Å². The number of Topliss-reactive ketones (excluding diaryl/α,β-unsaturated/α-hetero) is 1. The van der Waals surface area contributed by atoms with Crippen LogP contribution in [0.2, 0.25) is 0 Å². The summed E-state index contributed by atoms with van der Waals surface area (Å²) in [4.78, 5) is 16.4. The van der Waals surface area contributed by atoms with Gasteiger partial charge in [0.05, 0.1) is 6.61 Å². The predicted octanol–water partition coefficient (Wildman–Crippen LogP) is 3.33. The molecule has 1 aliphatic rings. The molecule has 3 rings (SSSR count). The summed E-state index contributed by atoms with van der Waals surface area (Å²) in [5.74, 6) is 1.50. The molecule has 1 aromatic heterocycles. The molecule has 6 heteroatoms. The minimum atomic E-state index is -0.272. The van der Waals surface area contributed by atoms with Gasteiger partial charge in [0.2, 0.25) is 5.95 Å². The highest BCUT2D eigenvalue weighted by Gasteiger charge is 2.31. The van der Waals surface area contributed by atoms with Gasteiger partial charge in [-0.2, -0.15) is 10.1 Å². The Kier molecular flexibility index (Phi) is 4.64. The van der Waals surface area contributed by atoms with Crippen molar-refractivity contribution in [1.29, 1.82) is 0 Å². The number of rotatable bonds is 6. The second-order valence-electron chi connectivity index (χ2n) is 5.92. The highest BCUT2D eigenvalue weighted by Crippen LogP contribution is 2.35. The average molecular weight is 326 g/mol. The van der Waals surface area contributed by atoms with E-state index in [0.29, 0.717) is 18.1 Å². The van der Waals surface area contributed by atoms with E-state index in [1.165, 1.54) is 6.33 Å². The van der Waals surface area contributed by atoms with Crippen molar-refractivity contribution in [3.05, 3.63) is 47.4 Å². The van der Waals surface area contributed by atoms with Crippen molar-refractivity contribution < 1.29 is 9.53 Å². The number of anilines is 1. The van der Waals surface area contributed by atoms with E-state index in [1.54, 1.807) is 11.6 Å². The van der Waals surface area contributed by atoms with Gasteiger partial charge in [-0.05, 0) is 38.0 Å². The summed E-state index contributed by atoms with van der Waals surface area (Å²) >= 11 is 0. The van der Waals surface area contributed by atoms with Gasteiger partial charge in [0.1, 0.15) is 18.1 Å². The van der Waals surface area contributed by atoms with Crippen LogP contribution in [0.5, 0.6) is 5.75 Å². The van der Waals surface area contributed by atoms with Gasteiger partial charge in [0, 0.05) is 11.3 Å². The highest BCUT2D eigenvalue weighted by atomic mass is 16.5. The van der Waals surface area contributed by atoms with E-state index in [1.807, 2.05) is 31.2 Å². The lowest BCUT2D eigenvalue weighted by Gasteiger charge is -2.28. The Hall–Kier alpha value is -2.63. The zero-order chi connectivity index (χ0) is 17.1. The zero-order valence-electron chi connectivity index (χ0n) is 14.2. The molecule has 0 fully saturated rings. The van der Waals surface area contributed by atoms with E-state index < -0.39 is 0 Å². The summed E-state index contributed by atoms with van der Waals surface area (Å²) in [7, 11) is 0. The van der Waals surface area contributed by atoms with Crippen LogP contribution < -0.4 is 10.1 Å². The van der Waals surface area contributed by atoms with E-state index in [-0.39, 0.29) is 11.8 Å². The van der Waals surface area contributed by atoms with Crippen LogP contribution in [0.25, 0.3) is 0 Å². The predicted molar refractivity (Wildman–Crippen MR) is 92.0 cm³/mol. The summed E-state index contributed by atoms with van der Waals surface area (Å²) in [6.07, 6.45) is 3.64. The van der Waals surface area contributed by atoms with Crippen molar-refractivity contribution in [2.24, 2.45) is 0 Å². The monoisotopic (exact) mass is 326 g/mol. The van der Waals surface area contributed by atoms with Gasteiger partial charge in [-0.3, -0.25) is 4.79 Å². The molecule has 0 radical (unpaired) electrons. The number of unbranched alkanes of at least 4 members (excludes halogenated alkanes) is 1. The average Bonchev–Trinajstić information content (AvgIpc) is 3.02. The first-order chi connectivity index (χ1) is 11.6. The Morgan fingerprint density at radius 2 is 2.08 bits per heavy atom. The van der Waals surface area contributed by atoms with E-state index in [9.17, 15) is 4.79 Å². The fraction of sp³-hybridized carbons (Fsp3) is 0.389. The first-order valence-corrected chi connectivity index (χ1v) is 8.22. The number of hydrogen-bond acceptors (Lipinski definition) is 5. The third-order valence-corrected chi connectivity index (χ3v) is 4.14. The molecule has 1 aromatic carbocycles. The standard InChI is InChI=1S/C18H22N4O2/c1-4-5-10-24-15-8-6-14(7-9-15)17-16(13(3)23)12(2)21-18-19-11-20-22(17)18/h6-9,11,17H,4-5,10H2,1-3H3,(H,19,20,21). The number of ketones is 1. The summed E-state index contributed by atoms with van der Waals surface area (Å²) in [5.41, 5.74) is 2.50. The Bertz CT molecular complexity index is 762. The lowest BCUT2D eigenvalue weighted by Crippen LogP contribution is -2.27. The SMILES string of the molecule is CCCCOc1ccc(C2C(C(C)=O)=C(C)Nc3ncnn32)cc1. The van der Waals surface area contributed by atoms with Gasteiger partial charge in [-0.25, -0.2) is 4.68 Å². The number of aromatic nitrogens is 3. The van der Waals surface area contributed by atoms with E-state index >= 15 is 0 Å². The van der Waals surface area contributed by atoms with Crippen molar-refractivity contribution in [3.63, 3.8) is 0 Å². The smallest absolute Gasteiger partial charge is 0.226 e. The van der Waals surface area contributed by atoms with Crippen LogP contribution >= 0.6 is 0 Å². The van der Waals surface area contributed by atoms with Crippen LogP contribution in [0.15, 0.2) is 41.9 Å². The van der Waals surface area contributed by atoms with E-state index in [0.717, 1.165) is 29.9 Å². The molecule has 0 bridgehead atoms. The number of carbonyl (C=O) groups is 1. The molecule has 2 heterocycles. The number of allylic oxidation sites excluding steroid dienone is 2. The molecule has 1 N–H and O–H groups in total. The molecule has 1 atom stereocenters. The van der Waals surface area contributed by atoms with Crippen molar-refractivity contribution in [1.82, 2.24) is 14.8 Å². The largest absolute Gasteiger partial charge is 0.494 e. The molecule has 0 saturated heterocycles. The normalized spacial score (nSPS) is 16.5. The maximum atomic E-state index is 12.2. The number of ether oxygens (including phenoxy) is 1. The zero-order valence-corrected chi connectivity index (χ0v) is 14.2. The number of carbonyl (C=O) groups excluding carboxylic acids is 1. The Labute approximate surface area is 141 Å². The van der Waals surface area contributed by atoms with Gasteiger partial charge in [0.25, 0.3) is 0 Å². The Morgan fingerprint density at radius 1 is 1.33 bits per heavy atom. The van der Waals surface area contributed by atoms with Crippen molar-refractivity contribution >= 4 is 11.7 Å². The molecule has 1 aliphatic heterocycles. The molecule has 126 valence electrons. The summed E-state index contributed by atoms with van der Waals surface area (Å²) in [6.45, 7) is 6.33.